The lowest BCUT2D eigenvalue weighted by Gasteiger charge is -2.33. The van der Waals surface area contributed by atoms with Gasteiger partial charge in [-0.15, -0.1) is 22.7 Å². The Kier molecular flexibility index (Phi) is 6.40. The molecule has 3 aromatic rings. The summed E-state index contributed by atoms with van der Waals surface area (Å²) in [5.74, 6) is 0.806. The van der Waals surface area contributed by atoms with Crippen molar-refractivity contribution in [3.8, 4) is 22.1 Å². The molecule has 1 saturated heterocycles. The van der Waals surface area contributed by atoms with E-state index in [0.29, 0.717) is 37.7 Å². The van der Waals surface area contributed by atoms with Gasteiger partial charge >= 0.3 is 0 Å². The van der Waals surface area contributed by atoms with Crippen LogP contribution in [0, 0.1) is 0 Å². The molecule has 10 heteroatoms. The third-order valence-electron chi connectivity index (χ3n) is 5.00. The van der Waals surface area contributed by atoms with Gasteiger partial charge in [0.1, 0.15) is 21.4 Å². The molecule has 1 aliphatic heterocycles. The normalized spacial score (nSPS) is 15.9. The molecule has 1 aromatic carbocycles. The molecule has 1 fully saturated rings. The fourth-order valence-corrected chi connectivity index (χ4v) is 6.55. The van der Waals surface area contributed by atoms with E-state index < -0.39 is 10.0 Å². The zero-order chi connectivity index (χ0) is 21.1. The van der Waals surface area contributed by atoms with Crippen LogP contribution in [0.15, 0.2) is 46.0 Å². The van der Waals surface area contributed by atoms with Gasteiger partial charge in [-0.25, -0.2) is 13.4 Å². The summed E-state index contributed by atoms with van der Waals surface area (Å²) in [5.41, 5.74) is 1.01. The quantitative estimate of drug-likeness (QED) is 0.533. The summed E-state index contributed by atoms with van der Waals surface area (Å²) in [5, 5.41) is 5.17. The van der Waals surface area contributed by atoms with E-state index in [2.05, 4.69) is 16.3 Å². The molecule has 0 spiro atoms. The second-order valence-corrected chi connectivity index (χ2v) is 10.6. The number of sulfonamides is 1. The Bertz CT molecular complexity index is 1090. The number of piperazine rings is 1. The summed E-state index contributed by atoms with van der Waals surface area (Å²) >= 11 is 3.33. The van der Waals surface area contributed by atoms with Crippen LogP contribution in [0.3, 0.4) is 0 Å². The van der Waals surface area contributed by atoms with Crippen LogP contribution >= 0.6 is 22.7 Å². The first-order chi connectivity index (χ1) is 14.5. The Hall–Kier alpha value is -1.98. The van der Waals surface area contributed by atoms with Crippen molar-refractivity contribution in [2.24, 2.45) is 0 Å². The molecule has 0 aliphatic carbocycles. The molecule has 0 atom stereocenters. The van der Waals surface area contributed by atoms with Crippen LogP contribution in [-0.2, 0) is 16.6 Å². The molecule has 1 aliphatic rings. The van der Waals surface area contributed by atoms with Crippen LogP contribution in [0.25, 0.3) is 10.6 Å². The number of ether oxygens (including phenoxy) is 2. The van der Waals surface area contributed by atoms with Crippen LogP contribution in [0.2, 0.25) is 0 Å². The highest BCUT2D eigenvalue weighted by molar-refractivity contribution is 7.89. The van der Waals surface area contributed by atoms with Gasteiger partial charge in [-0.1, -0.05) is 6.07 Å². The van der Waals surface area contributed by atoms with Gasteiger partial charge in [0, 0.05) is 37.6 Å². The standard InChI is InChI=1S/C20H23N3O4S3/c1-26-15-5-6-17(27-2)19(12-15)30(24,25)23-9-7-22(8-10-23)13-20-21-16(14-29-20)18-4-3-11-28-18/h3-6,11-12,14H,7-10,13H2,1-2H3. The second kappa shape index (κ2) is 9.03. The SMILES string of the molecule is COc1ccc(OC)c(S(=O)(=O)N2CCN(Cc3nc(-c4cccs4)cs3)CC2)c1. The molecule has 0 amide bonds. The third-order valence-corrected chi connectivity index (χ3v) is 8.65. The Balaban J connectivity index is 1.42. The highest BCUT2D eigenvalue weighted by Crippen LogP contribution is 2.31. The van der Waals surface area contributed by atoms with Crippen LogP contribution in [-0.4, -0.2) is 63.0 Å². The number of aromatic nitrogens is 1. The Morgan fingerprint density at radius 3 is 2.53 bits per heavy atom. The van der Waals surface area contributed by atoms with Crippen molar-refractivity contribution < 1.29 is 17.9 Å². The van der Waals surface area contributed by atoms with Crippen molar-refractivity contribution >= 4 is 32.7 Å². The lowest BCUT2D eigenvalue weighted by molar-refractivity contribution is 0.181. The highest BCUT2D eigenvalue weighted by Gasteiger charge is 2.31. The first kappa shape index (κ1) is 21.3. The van der Waals surface area contributed by atoms with Gasteiger partial charge in [0.25, 0.3) is 0 Å². The number of methoxy groups -OCH3 is 2. The molecule has 160 valence electrons. The van der Waals surface area contributed by atoms with Gasteiger partial charge in [-0.05, 0) is 23.6 Å². The van der Waals surface area contributed by atoms with Gasteiger partial charge in [0.05, 0.1) is 31.3 Å². The average molecular weight is 466 g/mol. The van der Waals surface area contributed by atoms with E-state index in [9.17, 15) is 8.42 Å². The summed E-state index contributed by atoms with van der Waals surface area (Å²) in [7, 11) is -0.686. The molecule has 0 unspecified atom stereocenters. The Morgan fingerprint density at radius 2 is 1.87 bits per heavy atom. The molecule has 0 saturated carbocycles. The van der Waals surface area contributed by atoms with Crippen molar-refractivity contribution in [3.63, 3.8) is 0 Å². The van der Waals surface area contributed by atoms with Gasteiger partial charge in [0.15, 0.2) is 0 Å². The number of rotatable bonds is 7. The molecule has 2 aromatic heterocycles. The van der Waals surface area contributed by atoms with Crippen molar-refractivity contribution in [3.05, 3.63) is 46.1 Å². The summed E-state index contributed by atoms with van der Waals surface area (Å²) in [6, 6.07) is 8.92. The lowest BCUT2D eigenvalue weighted by atomic mass is 10.3. The maximum Gasteiger partial charge on any atom is 0.246 e. The molecule has 4 rings (SSSR count). The minimum Gasteiger partial charge on any atom is -0.497 e. The van der Waals surface area contributed by atoms with E-state index in [1.165, 1.54) is 29.5 Å². The molecule has 3 heterocycles. The van der Waals surface area contributed by atoms with E-state index in [1.54, 1.807) is 34.8 Å². The van der Waals surface area contributed by atoms with Gasteiger partial charge < -0.3 is 9.47 Å². The zero-order valence-electron chi connectivity index (χ0n) is 16.8. The van der Waals surface area contributed by atoms with Gasteiger partial charge in [-0.2, -0.15) is 4.31 Å². The molecule has 7 nitrogen and oxygen atoms in total. The smallest absolute Gasteiger partial charge is 0.246 e. The number of thiazole rings is 1. The second-order valence-electron chi connectivity index (χ2n) is 6.80. The number of benzene rings is 1. The van der Waals surface area contributed by atoms with E-state index in [0.717, 1.165) is 17.2 Å². The van der Waals surface area contributed by atoms with Crippen LogP contribution < -0.4 is 9.47 Å². The van der Waals surface area contributed by atoms with Crippen LogP contribution in [0.5, 0.6) is 11.5 Å². The van der Waals surface area contributed by atoms with E-state index in [4.69, 9.17) is 14.5 Å². The topological polar surface area (TPSA) is 72.0 Å². The van der Waals surface area contributed by atoms with Gasteiger partial charge in [0.2, 0.25) is 10.0 Å². The van der Waals surface area contributed by atoms with E-state index >= 15 is 0 Å². The first-order valence-corrected chi connectivity index (χ1v) is 12.6. The fraction of sp³-hybridized carbons (Fsp3) is 0.350. The number of hydrogen-bond donors (Lipinski definition) is 0. The molecule has 0 bridgehead atoms. The monoisotopic (exact) mass is 465 g/mol. The summed E-state index contributed by atoms with van der Waals surface area (Å²) < 4.78 is 38.4. The minimum atomic E-state index is -3.67. The molecule has 0 N–H and O–H groups in total. The summed E-state index contributed by atoms with van der Waals surface area (Å²) in [4.78, 5) is 8.28. The first-order valence-electron chi connectivity index (χ1n) is 9.44. The third kappa shape index (κ3) is 4.37. The number of nitrogens with zero attached hydrogens (tertiary/aromatic N) is 3. The number of thiophene rings is 1. The molecular weight excluding hydrogens is 442 g/mol. The van der Waals surface area contributed by atoms with Gasteiger partial charge in [-0.3, -0.25) is 4.90 Å². The predicted molar refractivity (Wildman–Crippen MR) is 119 cm³/mol. The van der Waals surface area contributed by atoms with Crippen LogP contribution in [0.4, 0.5) is 0 Å². The molecule has 0 radical (unpaired) electrons. The highest BCUT2D eigenvalue weighted by atomic mass is 32.2. The number of hydrogen-bond acceptors (Lipinski definition) is 8. The van der Waals surface area contributed by atoms with Crippen molar-refractivity contribution in [2.45, 2.75) is 11.4 Å². The Morgan fingerprint density at radius 1 is 1.07 bits per heavy atom. The molecule has 30 heavy (non-hydrogen) atoms. The molecular formula is C20H23N3O4S3. The maximum atomic E-state index is 13.2. The van der Waals surface area contributed by atoms with Crippen LogP contribution in [0.1, 0.15) is 5.01 Å². The maximum absolute atomic E-state index is 13.2. The van der Waals surface area contributed by atoms with Crippen molar-refractivity contribution in [1.29, 1.82) is 0 Å². The van der Waals surface area contributed by atoms with Crippen molar-refractivity contribution in [2.75, 3.05) is 40.4 Å². The van der Waals surface area contributed by atoms with E-state index in [-0.39, 0.29) is 4.90 Å². The predicted octanol–water partition coefficient (Wildman–Crippen LogP) is 3.40. The summed E-state index contributed by atoms with van der Waals surface area (Å²) in [6.45, 7) is 2.88. The summed E-state index contributed by atoms with van der Waals surface area (Å²) in [6.07, 6.45) is 0. The lowest BCUT2D eigenvalue weighted by Crippen LogP contribution is -2.48. The fourth-order valence-electron chi connectivity index (χ4n) is 3.36. The van der Waals surface area contributed by atoms with E-state index in [1.807, 2.05) is 11.4 Å². The largest absolute Gasteiger partial charge is 0.497 e. The minimum absolute atomic E-state index is 0.137. The Labute approximate surface area is 184 Å². The van der Waals surface area contributed by atoms with Crippen molar-refractivity contribution in [1.82, 2.24) is 14.2 Å². The zero-order valence-corrected chi connectivity index (χ0v) is 19.2. The average Bonchev–Trinajstić information content (AvgIpc) is 3.45.